The van der Waals surface area contributed by atoms with Crippen molar-refractivity contribution in [3.05, 3.63) is 24.3 Å². The molecule has 1 aliphatic rings. The minimum Gasteiger partial charge on any atom is -0.481 e. The molecular weight excluding hydrogens is 266 g/mol. The van der Waals surface area contributed by atoms with Crippen LogP contribution in [-0.4, -0.2) is 21.8 Å². The first kappa shape index (κ1) is 12.0. The molecule has 94 valence electrons. The van der Waals surface area contributed by atoms with Crippen LogP contribution in [0.25, 0.3) is 10.2 Å². The molecule has 1 aliphatic carbocycles. The number of hydrogen-bond acceptors (Lipinski definition) is 4. The standard InChI is InChI=1S/C13H13NO2S2/c15-12(16)6-8-5-9(8)7-17-13-14-10-3-1-2-4-11(10)18-13/h1-4,8-9H,5-7H2,(H,15,16). The number of thioether (sulfide) groups is 1. The number of fused-ring (bicyclic) bond motifs is 1. The van der Waals surface area contributed by atoms with Gasteiger partial charge in [0.2, 0.25) is 0 Å². The van der Waals surface area contributed by atoms with Crippen LogP contribution in [0.15, 0.2) is 28.6 Å². The normalized spacial score (nSPS) is 22.2. The van der Waals surface area contributed by atoms with Crippen LogP contribution in [0.4, 0.5) is 0 Å². The first-order chi connectivity index (χ1) is 8.72. The SMILES string of the molecule is O=C(O)CC1CC1CSc1nc2ccccc2s1. The molecule has 1 aromatic heterocycles. The number of rotatable bonds is 5. The second kappa shape index (κ2) is 4.90. The molecule has 1 N–H and O–H groups in total. The molecule has 0 saturated heterocycles. The molecule has 2 unspecified atom stereocenters. The zero-order valence-electron chi connectivity index (χ0n) is 9.70. The maximum Gasteiger partial charge on any atom is 0.303 e. The van der Waals surface area contributed by atoms with Crippen LogP contribution >= 0.6 is 23.1 Å². The van der Waals surface area contributed by atoms with Crippen LogP contribution in [0.2, 0.25) is 0 Å². The lowest BCUT2D eigenvalue weighted by Gasteiger charge is -1.95. The molecule has 1 saturated carbocycles. The van der Waals surface area contributed by atoms with Crippen LogP contribution in [-0.2, 0) is 4.79 Å². The Kier molecular flexibility index (Phi) is 3.26. The van der Waals surface area contributed by atoms with Gasteiger partial charge in [0.25, 0.3) is 0 Å². The Morgan fingerprint density at radius 1 is 1.44 bits per heavy atom. The Bertz CT molecular complexity index is 548. The Hall–Kier alpha value is -1.07. The summed E-state index contributed by atoms with van der Waals surface area (Å²) in [6, 6.07) is 8.14. The lowest BCUT2D eigenvalue weighted by Crippen LogP contribution is -1.97. The lowest BCUT2D eigenvalue weighted by molar-refractivity contribution is -0.137. The van der Waals surface area contributed by atoms with Crippen molar-refractivity contribution in [1.29, 1.82) is 0 Å². The summed E-state index contributed by atoms with van der Waals surface area (Å²) in [4.78, 5) is 15.1. The van der Waals surface area contributed by atoms with Crippen molar-refractivity contribution in [3.8, 4) is 0 Å². The fourth-order valence-electron chi connectivity index (χ4n) is 2.08. The van der Waals surface area contributed by atoms with Gasteiger partial charge in [-0.2, -0.15) is 0 Å². The van der Waals surface area contributed by atoms with Crippen molar-refractivity contribution >= 4 is 39.3 Å². The Labute approximate surface area is 113 Å². The number of nitrogens with zero attached hydrogens (tertiary/aromatic N) is 1. The highest BCUT2D eigenvalue weighted by molar-refractivity contribution is 8.01. The summed E-state index contributed by atoms with van der Waals surface area (Å²) >= 11 is 3.48. The predicted molar refractivity (Wildman–Crippen MR) is 74.2 cm³/mol. The second-order valence-corrected chi connectivity index (χ2v) is 6.91. The van der Waals surface area contributed by atoms with Gasteiger partial charge < -0.3 is 5.11 Å². The zero-order valence-corrected chi connectivity index (χ0v) is 11.3. The predicted octanol–water partition coefficient (Wildman–Crippen LogP) is 3.50. The van der Waals surface area contributed by atoms with Gasteiger partial charge in [0, 0.05) is 12.2 Å². The molecule has 1 fully saturated rings. The number of aromatic nitrogens is 1. The van der Waals surface area contributed by atoms with E-state index in [1.165, 1.54) is 4.70 Å². The number of benzene rings is 1. The summed E-state index contributed by atoms with van der Waals surface area (Å²) in [5, 5.41) is 8.71. The zero-order chi connectivity index (χ0) is 12.5. The van der Waals surface area contributed by atoms with Crippen molar-refractivity contribution in [2.75, 3.05) is 5.75 Å². The minimum absolute atomic E-state index is 0.324. The van der Waals surface area contributed by atoms with Crippen molar-refractivity contribution in [2.24, 2.45) is 11.8 Å². The molecule has 5 heteroatoms. The number of carbonyl (C=O) groups is 1. The van der Waals surface area contributed by atoms with E-state index in [4.69, 9.17) is 5.11 Å². The number of aliphatic carboxylic acids is 1. The molecule has 0 radical (unpaired) electrons. The fourth-order valence-corrected chi connectivity index (χ4v) is 4.41. The minimum atomic E-state index is -0.674. The van der Waals surface area contributed by atoms with E-state index in [0.717, 1.165) is 22.0 Å². The second-order valence-electron chi connectivity index (χ2n) is 4.61. The number of carboxylic acid groups (broad SMARTS) is 1. The summed E-state index contributed by atoms with van der Waals surface area (Å²) in [5.74, 6) is 1.28. The number of para-hydroxylation sites is 1. The molecule has 3 nitrogen and oxygen atoms in total. The van der Waals surface area contributed by atoms with Crippen LogP contribution in [0.1, 0.15) is 12.8 Å². The van der Waals surface area contributed by atoms with Gasteiger partial charge in [-0.15, -0.1) is 11.3 Å². The van der Waals surface area contributed by atoms with Gasteiger partial charge >= 0.3 is 5.97 Å². The summed E-state index contributed by atoms with van der Waals surface area (Å²) in [6.45, 7) is 0. The van der Waals surface area contributed by atoms with Gasteiger partial charge in [-0.3, -0.25) is 4.79 Å². The highest BCUT2D eigenvalue weighted by Gasteiger charge is 2.38. The van der Waals surface area contributed by atoms with Crippen LogP contribution < -0.4 is 0 Å². The van der Waals surface area contributed by atoms with E-state index in [2.05, 4.69) is 11.1 Å². The van der Waals surface area contributed by atoms with E-state index in [1.54, 1.807) is 23.1 Å². The van der Waals surface area contributed by atoms with Gasteiger partial charge in [-0.1, -0.05) is 23.9 Å². The van der Waals surface area contributed by atoms with Crippen molar-refractivity contribution in [2.45, 2.75) is 17.2 Å². The molecule has 2 atom stereocenters. The van der Waals surface area contributed by atoms with Crippen LogP contribution in [0.5, 0.6) is 0 Å². The highest BCUT2D eigenvalue weighted by atomic mass is 32.2. The van der Waals surface area contributed by atoms with E-state index in [0.29, 0.717) is 18.3 Å². The van der Waals surface area contributed by atoms with E-state index in [1.807, 2.05) is 18.2 Å². The molecule has 1 aromatic carbocycles. The molecular formula is C13H13NO2S2. The van der Waals surface area contributed by atoms with E-state index in [-0.39, 0.29) is 0 Å². The fraction of sp³-hybridized carbons (Fsp3) is 0.385. The first-order valence-corrected chi connectivity index (χ1v) is 7.73. The monoisotopic (exact) mass is 279 g/mol. The van der Waals surface area contributed by atoms with Crippen LogP contribution in [0, 0.1) is 11.8 Å². The number of carboxylic acids is 1. The van der Waals surface area contributed by atoms with Gasteiger partial charge in [0.1, 0.15) is 0 Å². The molecule has 2 aromatic rings. The van der Waals surface area contributed by atoms with Crippen molar-refractivity contribution in [3.63, 3.8) is 0 Å². The molecule has 0 spiro atoms. The van der Waals surface area contributed by atoms with E-state index < -0.39 is 5.97 Å². The summed E-state index contributed by atoms with van der Waals surface area (Å²) in [5.41, 5.74) is 1.06. The third-order valence-corrected chi connectivity index (χ3v) is 5.57. The van der Waals surface area contributed by atoms with E-state index in [9.17, 15) is 4.79 Å². The number of thiazole rings is 1. The lowest BCUT2D eigenvalue weighted by atomic mass is 10.2. The molecule has 0 aliphatic heterocycles. The van der Waals surface area contributed by atoms with Gasteiger partial charge in [-0.25, -0.2) is 4.98 Å². The molecule has 1 heterocycles. The number of hydrogen-bond donors (Lipinski definition) is 1. The Morgan fingerprint density at radius 2 is 2.28 bits per heavy atom. The van der Waals surface area contributed by atoms with Gasteiger partial charge in [0.15, 0.2) is 4.34 Å². The maximum absolute atomic E-state index is 10.6. The summed E-state index contributed by atoms with van der Waals surface area (Å²) < 4.78 is 2.31. The smallest absolute Gasteiger partial charge is 0.303 e. The van der Waals surface area contributed by atoms with Crippen molar-refractivity contribution < 1.29 is 9.90 Å². The Morgan fingerprint density at radius 3 is 3.06 bits per heavy atom. The molecule has 0 amide bonds. The first-order valence-electron chi connectivity index (χ1n) is 5.92. The van der Waals surface area contributed by atoms with Gasteiger partial charge in [0.05, 0.1) is 10.2 Å². The average Bonchev–Trinajstić information content (AvgIpc) is 2.92. The largest absolute Gasteiger partial charge is 0.481 e. The summed E-state index contributed by atoms with van der Waals surface area (Å²) in [6.07, 6.45) is 1.38. The van der Waals surface area contributed by atoms with Crippen molar-refractivity contribution in [1.82, 2.24) is 4.98 Å². The van der Waals surface area contributed by atoms with Crippen LogP contribution in [0.3, 0.4) is 0 Å². The summed E-state index contributed by atoms with van der Waals surface area (Å²) in [7, 11) is 0. The highest BCUT2D eigenvalue weighted by Crippen LogP contribution is 2.45. The Balaban J connectivity index is 1.56. The maximum atomic E-state index is 10.6. The topological polar surface area (TPSA) is 50.2 Å². The van der Waals surface area contributed by atoms with E-state index >= 15 is 0 Å². The van der Waals surface area contributed by atoms with Gasteiger partial charge in [-0.05, 0) is 30.4 Å². The average molecular weight is 279 g/mol. The third kappa shape index (κ3) is 2.67. The molecule has 0 bridgehead atoms. The molecule has 3 rings (SSSR count). The third-order valence-electron chi connectivity index (χ3n) is 3.20. The quantitative estimate of drug-likeness (QED) is 0.851. The molecule has 18 heavy (non-hydrogen) atoms.